The van der Waals surface area contributed by atoms with Crippen molar-refractivity contribution in [1.82, 2.24) is 14.8 Å². The predicted octanol–water partition coefficient (Wildman–Crippen LogP) is 2.82. The number of fused-ring (bicyclic) bond motifs is 1. The second kappa shape index (κ2) is 7.68. The number of pyridine rings is 1. The predicted molar refractivity (Wildman–Crippen MR) is 108 cm³/mol. The molecule has 4 aromatic rings. The first kappa shape index (κ1) is 19.7. The van der Waals surface area contributed by atoms with Crippen LogP contribution in [-0.4, -0.2) is 30.3 Å². The molecule has 7 nitrogen and oxygen atoms in total. The number of benzene rings is 2. The van der Waals surface area contributed by atoms with Gasteiger partial charge in [-0.3, -0.25) is 4.79 Å². The van der Waals surface area contributed by atoms with Crippen molar-refractivity contribution in [2.45, 2.75) is 16.3 Å². The smallest absolute Gasteiger partial charge is 0.274 e. The molecule has 4 rings (SSSR count). The van der Waals surface area contributed by atoms with E-state index in [1.165, 1.54) is 54.4 Å². The summed E-state index contributed by atoms with van der Waals surface area (Å²) in [6, 6.07) is 12.6. The highest BCUT2D eigenvalue weighted by molar-refractivity contribution is 7.91. The molecule has 152 valence electrons. The Morgan fingerprint density at radius 2 is 1.87 bits per heavy atom. The quantitative estimate of drug-likeness (QED) is 0.488. The number of nitrogens with zero attached hydrogens (tertiary/aromatic N) is 3. The molecule has 2 aromatic carbocycles. The fraction of sp³-hybridized carbons (Fsp3) is 0.0952. The van der Waals surface area contributed by atoms with E-state index in [-0.39, 0.29) is 17.0 Å². The molecule has 0 aliphatic rings. The lowest BCUT2D eigenvalue weighted by atomic mass is 10.2. The summed E-state index contributed by atoms with van der Waals surface area (Å²) in [4.78, 5) is 16.4. The van der Waals surface area contributed by atoms with Crippen LogP contribution >= 0.6 is 0 Å². The van der Waals surface area contributed by atoms with Gasteiger partial charge in [-0.15, -0.1) is 0 Å². The Hall–Kier alpha value is -3.59. The normalized spacial score (nSPS) is 11.5. The van der Waals surface area contributed by atoms with Crippen molar-refractivity contribution in [2.24, 2.45) is 0 Å². The molecule has 0 radical (unpaired) electrons. The van der Waals surface area contributed by atoms with E-state index in [2.05, 4.69) is 10.1 Å². The molecule has 0 aliphatic carbocycles. The maximum atomic E-state index is 14.0. The number of hydrogen-bond donors (Lipinski definition) is 0. The van der Waals surface area contributed by atoms with Crippen molar-refractivity contribution >= 4 is 20.6 Å². The first-order valence-corrected chi connectivity index (χ1v) is 10.4. The summed E-state index contributed by atoms with van der Waals surface area (Å²) in [6.45, 7) is 0.195. The summed E-state index contributed by atoms with van der Waals surface area (Å²) in [5.41, 5.74) is 0.377. The van der Waals surface area contributed by atoms with Gasteiger partial charge in [0.15, 0.2) is 0 Å². The number of hydrogen-bond acceptors (Lipinski definition) is 6. The SMILES string of the molecule is COc1ccc(Cn2ncc3cc(S(=O)(=O)c4ccccc4F)ccc3c2=O)cn1. The van der Waals surface area contributed by atoms with Crippen LogP contribution in [0.2, 0.25) is 0 Å². The molecule has 0 spiro atoms. The van der Waals surface area contributed by atoms with Crippen LogP contribution in [0.1, 0.15) is 5.56 Å². The second-order valence-corrected chi connectivity index (χ2v) is 8.42. The van der Waals surface area contributed by atoms with Gasteiger partial charge in [-0.05, 0) is 35.9 Å². The molecule has 0 fully saturated rings. The van der Waals surface area contributed by atoms with Crippen LogP contribution in [0.3, 0.4) is 0 Å². The van der Waals surface area contributed by atoms with Crippen LogP contribution < -0.4 is 10.3 Å². The minimum atomic E-state index is -4.07. The summed E-state index contributed by atoms with van der Waals surface area (Å²) in [6.07, 6.45) is 3.00. The average molecular weight is 425 g/mol. The van der Waals surface area contributed by atoms with Gasteiger partial charge in [-0.2, -0.15) is 5.10 Å². The van der Waals surface area contributed by atoms with Gasteiger partial charge in [0.05, 0.1) is 30.1 Å². The van der Waals surface area contributed by atoms with E-state index in [0.29, 0.717) is 16.7 Å². The van der Waals surface area contributed by atoms with Gasteiger partial charge in [-0.25, -0.2) is 22.5 Å². The van der Waals surface area contributed by atoms with E-state index in [1.54, 1.807) is 18.3 Å². The van der Waals surface area contributed by atoms with Crippen LogP contribution in [0.25, 0.3) is 10.8 Å². The standard InChI is InChI=1S/C21H16FN3O4S/c1-29-20-9-6-14(11-23-20)13-25-21(26)17-8-7-16(10-15(17)12-24-25)30(27,28)19-5-3-2-4-18(19)22/h2-12H,13H2,1H3. The second-order valence-electron chi connectivity index (χ2n) is 6.50. The Kier molecular flexibility index (Phi) is 5.04. The molecule has 2 heterocycles. The van der Waals surface area contributed by atoms with Gasteiger partial charge in [-0.1, -0.05) is 18.2 Å². The first-order valence-electron chi connectivity index (χ1n) is 8.88. The molecule has 9 heteroatoms. The number of sulfone groups is 1. The van der Waals surface area contributed by atoms with Gasteiger partial charge >= 0.3 is 0 Å². The Labute approximate surface area is 171 Å². The highest BCUT2D eigenvalue weighted by atomic mass is 32.2. The van der Waals surface area contributed by atoms with E-state index in [1.807, 2.05) is 0 Å². The lowest BCUT2D eigenvalue weighted by Gasteiger charge is -2.09. The minimum absolute atomic E-state index is 0.113. The Morgan fingerprint density at radius 3 is 2.57 bits per heavy atom. The topological polar surface area (TPSA) is 91.2 Å². The summed E-state index contributed by atoms with van der Waals surface area (Å²) in [5.74, 6) is -0.375. The van der Waals surface area contributed by atoms with Crippen LogP contribution in [0.5, 0.6) is 5.88 Å². The third-order valence-corrected chi connectivity index (χ3v) is 6.38. The lowest BCUT2D eigenvalue weighted by molar-refractivity contribution is 0.397. The van der Waals surface area contributed by atoms with Crippen LogP contribution in [0.4, 0.5) is 4.39 Å². The fourth-order valence-electron chi connectivity index (χ4n) is 3.03. The van der Waals surface area contributed by atoms with Gasteiger partial charge in [0.2, 0.25) is 15.7 Å². The van der Waals surface area contributed by atoms with Crippen molar-refractivity contribution in [3.63, 3.8) is 0 Å². The molecular weight excluding hydrogens is 409 g/mol. The average Bonchev–Trinajstić information content (AvgIpc) is 2.76. The summed E-state index contributed by atoms with van der Waals surface area (Å²) in [5, 5.41) is 4.79. The molecule has 0 N–H and O–H groups in total. The molecule has 0 saturated carbocycles. The van der Waals surface area contributed by atoms with E-state index in [4.69, 9.17) is 4.74 Å². The number of aromatic nitrogens is 3. The minimum Gasteiger partial charge on any atom is -0.481 e. The maximum absolute atomic E-state index is 14.0. The van der Waals surface area contributed by atoms with Gasteiger partial charge in [0.25, 0.3) is 5.56 Å². The van der Waals surface area contributed by atoms with Crippen LogP contribution in [0.15, 0.2) is 81.6 Å². The van der Waals surface area contributed by atoms with E-state index in [0.717, 1.165) is 11.6 Å². The molecule has 0 amide bonds. The zero-order valence-corrected chi connectivity index (χ0v) is 16.6. The van der Waals surface area contributed by atoms with E-state index < -0.39 is 20.5 Å². The summed E-state index contributed by atoms with van der Waals surface area (Å²) >= 11 is 0. The van der Waals surface area contributed by atoms with Crippen molar-refractivity contribution in [3.05, 3.63) is 88.7 Å². The number of halogens is 1. The Bertz CT molecular complexity index is 1400. The third kappa shape index (κ3) is 3.55. The highest BCUT2D eigenvalue weighted by Crippen LogP contribution is 2.25. The molecular formula is C21H16FN3O4S. The van der Waals surface area contributed by atoms with Crippen molar-refractivity contribution in [1.29, 1.82) is 0 Å². The molecule has 0 atom stereocenters. The van der Waals surface area contributed by atoms with Crippen LogP contribution in [0, 0.1) is 5.82 Å². The maximum Gasteiger partial charge on any atom is 0.274 e. The first-order chi connectivity index (χ1) is 14.4. The molecule has 0 saturated heterocycles. The van der Waals surface area contributed by atoms with Crippen molar-refractivity contribution in [2.75, 3.05) is 7.11 Å². The van der Waals surface area contributed by atoms with Crippen LogP contribution in [-0.2, 0) is 16.4 Å². The fourth-order valence-corrected chi connectivity index (χ4v) is 4.40. The number of methoxy groups -OCH3 is 1. The molecule has 0 aliphatic heterocycles. The summed E-state index contributed by atoms with van der Waals surface area (Å²) < 4.78 is 45.8. The molecule has 30 heavy (non-hydrogen) atoms. The van der Waals surface area contributed by atoms with E-state index >= 15 is 0 Å². The van der Waals surface area contributed by atoms with E-state index in [9.17, 15) is 17.6 Å². The zero-order chi connectivity index (χ0) is 21.3. The summed E-state index contributed by atoms with van der Waals surface area (Å²) in [7, 11) is -2.56. The van der Waals surface area contributed by atoms with Gasteiger partial charge in [0, 0.05) is 17.6 Å². The molecule has 2 aromatic heterocycles. The Balaban J connectivity index is 1.72. The van der Waals surface area contributed by atoms with Gasteiger partial charge < -0.3 is 4.74 Å². The van der Waals surface area contributed by atoms with Crippen molar-refractivity contribution < 1.29 is 17.5 Å². The third-order valence-electron chi connectivity index (χ3n) is 4.60. The highest BCUT2D eigenvalue weighted by Gasteiger charge is 2.22. The molecule has 0 bridgehead atoms. The number of rotatable bonds is 5. The molecule has 0 unspecified atom stereocenters. The zero-order valence-electron chi connectivity index (χ0n) is 15.8. The lowest BCUT2D eigenvalue weighted by Crippen LogP contribution is -2.23. The Morgan fingerprint density at radius 1 is 1.07 bits per heavy atom. The largest absolute Gasteiger partial charge is 0.481 e. The van der Waals surface area contributed by atoms with Crippen molar-refractivity contribution in [3.8, 4) is 5.88 Å². The van der Waals surface area contributed by atoms with Gasteiger partial charge in [0.1, 0.15) is 10.7 Å². The monoisotopic (exact) mass is 425 g/mol. The number of ether oxygens (including phenoxy) is 1.